The molecule has 166 valence electrons. The molecule has 1 N–H and O–H groups in total. The number of nitrogens with zero attached hydrogens (tertiary/aromatic N) is 1. The third kappa shape index (κ3) is 5.63. The number of nitrogens with one attached hydrogen (secondary N) is 1. The fourth-order valence-corrected chi connectivity index (χ4v) is 3.64. The average Bonchev–Trinajstić information content (AvgIpc) is 2.84. The Morgan fingerprint density at radius 3 is 2.48 bits per heavy atom. The first-order valence-electron chi connectivity index (χ1n) is 11.0. The van der Waals surface area contributed by atoms with Gasteiger partial charge in [0.2, 0.25) is 6.10 Å². The fourth-order valence-electron chi connectivity index (χ4n) is 3.64. The van der Waals surface area contributed by atoms with Crippen LogP contribution in [-0.2, 0) is 20.7 Å². The van der Waals surface area contributed by atoms with Crippen molar-refractivity contribution in [3.8, 4) is 0 Å². The number of hydrogen-bond acceptors (Lipinski definition) is 4. The molecular weight excluding hydrogens is 412 g/mol. The van der Waals surface area contributed by atoms with Gasteiger partial charge in [-0.2, -0.15) is 0 Å². The second-order valence-corrected chi connectivity index (χ2v) is 8.08. The topological polar surface area (TPSA) is 68.3 Å². The second-order valence-electron chi connectivity index (χ2n) is 8.08. The molecule has 0 spiro atoms. The van der Waals surface area contributed by atoms with E-state index < -0.39 is 12.1 Å². The van der Waals surface area contributed by atoms with Crippen LogP contribution < -0.4 is 5.32 Å². The molecule has 0 fully saturated rings. The minimum absolute atomic E-state index is 0.130. The van der Waals surface area contributed by atoms with Crippen LogP contribution in [0.5, 0.6) is 0 Å². The highest BCUT2D eigenvalue weighted by atomic mass is 16.5. The van der Waals surface area contributed by atoms with E-state index in [0.717, 1.165) is 27.7 Å². The van der Waals surface area contributed by atoms with E-state index in [2.05, 4.69) is 10.3 Å². The zero-order valence-corrected chi connectivity index (χ0v) is 18.7. The summed E-state index contributed by atoms with van der Waals surface area (Å²) < 4.78 is 5.67. The Morgan fingerprint density at radius 1 is 0.909 bits per heavy atom. The number of anilines is 1. The van der Waals surface area contributed by atoms with Crippen molar-refractivity contribution < 1.29 is 14.3 Å². The summed E-state index contributed by atoms with van der Waals surface area (Å²) in [6.07, 6.45) is -0.474. The minimum Gasteiger partial charge on any atom is -0.447 e. The summed E-state index contributed by atoms with van der Waals surface area (Å²) in [7, 11) is 0. The van der Waals surface area contributed by atoms with E-state index in [9.17, 15) is 9.59 Å². The minimum atomic E-state index is -1.04. The van der Waals surface area contributed by atoms with E-state index in [1.54, 1.807) is 12.1 Å². The maximum Gasteiger partial charge on any atom is 0.307 e. The summed E-state index contributed by atoms with van der Waals surface area (Å²) in [6, 6.07) is 26.7. The van der Waals surface area contributed by atoms with Crippen LogP contribution in [0.3, 0.4) is 0 Å². The summed E-state index contributed by atoms with van der Waals surface area (Å²) in [5, 5.41) is 3.97. The molecule has 5 heteroatoms. The van der Waals surface area contributed by atoms with Crippen molar-refractivity contribution >= 4 is 28.5 Å². The maximum absolute atomic E-state index is 13.1. The highest BCUT2D eigenvalue weighted by Gasteiger charge is 2.25. The molecule has 3 aromatic carbocycles. The lowest BCUT2D eigenvalue weighted by Crippen LogP contribution is -2.26. The second kappa shape index (κ2) is 10.1. The summed E-state index contributed by atoms with van der Waals surface area (Å²) in [4.78, 5) is 30.5. The van der Waals surface area contributed by atoms with Crippen molar-refractivity contribution in [1.82, 2.24) is 4.98 Å². The molecule has 0 aliphatic rings. The third-order valence-electron chi connectivity index (χ3n) is 5.48. The number of carbonyl (C=O) groups excluding carboxylic acids is 2. The summed E-state index contributed by atoms with van der Waals surface area (Å²) >= 11 is 0. The quantitative estimate of drug-likeness (QED) is 0.376. The molecule has 0 saturated heterocycles. The van der Waals surface area contributed by atoms with Crippen molar-refractivity contribution in [2.45, 2.75) is 32.8 Å². The molecule has 1 aromatic heterocycles. The molecular formula is C28H26N2O3. The van der Waals surface area contributed by atoms with Crippen LogP contribution in [0.1, 0.15) is 34.9 Å². The van der Waals surface area contributed by atoms with Crippen LogP contribution >= 0.6 is 0 Å². The van der Waals surface area contributed by atoms with E-state index in [1.807, 2.05) is 86.6 Å². The predicted octanol–water partition coefficient (Wildman–Crippen LogP) is 5.71. The highest BCUT2D eigenvalue weighted by molar-refractivity contribution is 5.96. The number of amides is 1. The van der Waals surface area contributed by atoms with Crippen LogP contribution in [0.2, 0.25) is 0 Å². The molecule has 0 saturated carbocycles. The van der Waals surface area contributed by atoms with Gasteiger partial charge < -0.3 is 10.1 Å². The summed E-state index contributed by atoms with van der Waals surface area (Å²) in [5.74, 6) is -0.831. The van der Waals surface area contributed by atoms with Gasteiger partial charge in [-0.15, -0.1) is 0 Å². The Balaban J connectivity index is 1.47. The van der Waals surface area contributed by atoms with Crippen LogP contribution in [0.4, 0.5) is 5.69 Å². The number of pyridine rings is 1. The number of esters is 1. The van der Waals surface area contributed by atoms with Crippen molar-refractivity contribution in [3.63, 3.8) is 0 Å². The number of carbonyl (C=O) groups is 2. The van der Waals surface area contributed by atoms with Crippen LogP contribution in [-0.4, -0.2) is 16.9 Å². The SMILES string of the molecule is Cc1ccc(C)c(NC(=O)C(OC(=O)CCc2ccc3ccccc3n2)c2ccccc2)c1. The van der Waals surface area contributed by atoms with Gasteiger partial charge in [0.05, 0.1) is 11.9 Å². The first-order chi connectivity index (χ1) is 16.0. The van der Waals surface area contributed by atoms with E-state index >= 15 is 0 Å². The van der Waals surface area contributed by atoms with Crippen LogP contribution in [0, 0.1) is 13.8 Å². The molecule has 5 nitrogen and oxygen atoms in total. The van der Waals surface area contributed by atoms with Crippen molar-refractivity contribution in [1.29, 1.82) is 0 Å². The number of ether oxygens (including phenoxy) is 1. The van der Waals surface area contributed by atoms with Gasteiger partial charge in [-0.3, -0.25) is 14.6 Å². The number of hydrogen-bond donors (Lipinski definition) is 1. The molecule has 33 heavy (non-hydrogen) atoms. The lowest BCUT2D eigenvalue weighted by Gasteiger charge is -2.19. The Hall–Kier alpha value is -3.99. The highest BCUT2D eigenvalue weighted by Crippen LogP contribution is 2.23. The third-order valence-corrected chi connectivity index (χ3v) is 5.48. The Labute approximate surface area is 193 Å². The zero-order valence-electron chi connectivity index (χ0n) is 18.7. The molecule has 4 rings (SSSR count). The molecule has 1 heterocycles. The number of para-hydroxylation sites is 1. The summed E-state index contributed by atoms with van der Waals surface area (Å²) in [5.41, 5.74) is 5.00. The molecule has 0 aliphatic carbocycles. The Kier molecular flexibility index (Phi) is 6.79. The Bertz CT molecular complexity index is 1280. The largest absolute Gasteiger partial charge is 0.447 e. The number of aryl methyl sites for hydroxylation is 3. The molecule has 4 aromatic rings. The van der Waals surface area contributed by atoms with Crippen LogP contribution in [0.15, 0.2) is 84.9 Å². The number of fused-ring (bicyclic) bond motifs is 1. The van der Waals surface area contributed by atoms with Gasteiger partial charge in [0.1, 0.15) is 0 Å². The predicted molar refractivity (Wildman–Crippen MR) is 130 cm³/mol. The van der Waals surface area contributed by atoms with Gasteiger partial charge in [-0.1, -0.05) is 66.7 Å². The Morgan fingerprint density at radius 2 is 1.67 bits per heavy atom. The molecule has 1 amide bonds. The monoisotopic (exact) mass is 438 g/mol. The van der Waals surface area contributed by atoms with Gasteiger partial charge in [-0.05, 0) is 43.2 Å². The first kappa shape index (κ1) is 22.2. The standard InChI is InChI=1S/C28H26N2O3/c1-19-12-13-20(2)25(18-19)30-28(32)27(22-9-4-3-5-10-22)33-26(31)17-16-23-15-14-21-8-6-7-11-24(21)29-23/h3-15,18,27H,16-17H2,1-2H3,(H,30,32). The zero-order chi connectivity index (χ0) is 23.2. The van der Waals surface area contributed by atoms with Gasteiger partial charge in [0.25, 0.3) is 5.91 Å². The molecule has 0 bridgehead atoms. The van der Waals surface area contributed by atoms with Crippen molar-refractivity contribution in [3.05, 3.63) is 107 Å². The fraction of sp³-hybridized carbons (Fsp3) is 0.179. The van der Waals surface area contributed by atoms with Crippen molar-refractivity contribution in [2.24, 2.45) is 0 Å². The van der Waals surface area contributed by atoms with Crippen molar-refractivity contribution in [2.75, 3.05) is 5.32 Å². The smallest absolute Gasteiger partial charge is 0.307 e. The number of benzene rings is 3. The molecule has 0 aliphatic heterocycles. The summed E-state index contributed by atoms with van der Waals surface area (Å²) in [6.45, 7) is 3.89. The van der Waals surface area contributed by atoms with Gasteiger partial charge >= 0.3 is 5.97 Å². The average molecular weight is 439 g/mol. The van der Waals surface area contributed by atoms with Gasteiger partial charge in [-0.25, -0.2) is 0 Å². The van der Waals surface area contributed by atoms with E-state index in [1.165, 1.54) is 0 Å². The molecule has 1 atom stereocenters. The van der Waals surface area contributed by atoms with Gasteiger partial charge in [0.15, 0.2) is 0 Å². The van der Waals surface area contributed by atoms with E-state index in [-0.39, 0.29) is 12.3 Å². The normalized spacial score (nSPS) is 11.7. The lowest BCUT2D eigenvalue weighted by atomic mass is 10.1. The maximum atomic E-state index is 13.1. The van der Waals surface area contributed by atoms with Gasteiger partial charge in [0, 0.05) is 28.8 Å². The van der Waals surface area contributed by atoms with E-state index in [4.69, 9.17) is 4.74 Å². The van der Waals surface area contributed by atoms with Crippen LogP contribution in [0.25, 0.3) is 10.9 Å². The lowest BCUT2D eigenvalue weighted by molar-refractivity contribution is -0.154. The number of rotatable bonds is 7. The first-order valence-corrected chi connectivity index (χ1v) is 11.0. The molecule has 1 unspecified atom stereocenters. The molecule has 0 radical (unpaired) electrons. The number of aromatic nitrogens is 1. The van der Waals surface area contributed by atoms with E-state index in [0.29, 0.717) is 17.7 Å².